The molecule has 1 saturated heterocycles. The number of carbonyl (C=O) groups excluding carboxylic acids is 1. The number of aromatic nitrogens is 3. The standard InChI is InChI=1S/C16H21N5O4S/c1-10-15(11(2)20-19-10)26(23,24)21-7-3-4-13(9-21)25-12-5-6-18-14(8-12)16(17)22/h5-6,8,13H,3-4,7,9H2,1-2H3,(H2,17,22)(H,19,20). The van der Waals surface area contributed by atoms with E-state index in [1.54, 1.807) is 19.9 Å². The van der Waals surface area contributed by atoms with Gasteiger partial charge in [-0.25, -0.2) is 8.42 Å². The van der Waals surface area contributed by atoms with Crippen molar-refractivity contribution in [2.45, 2.75) is 37.7 Å². The molecule has 26 heavy (non-hydrogen) atoms. The van der Waals surface area contributed by atoms with E-state index in [2.05, 4.69) is 15.2 Å². The Bertz CT molecular complexity index is 905. The van der Waals surface area contributed by atoms with Crippen molar-refractivity contribution in [3.05, 3.63) is 35.4 Å². The largest absolute Gasteiger partial charge is 0.489 e. The van der Waals surface area contributed by atoms with E-state index in [0.717, 1.165) is 0 Å². The van der Waals surface area contributed by atoms with Crippen LogP contribution < -0.4 is 10.5 Å². The van der Waals surface area contributed by atoms with E-state index >= 15 is 0 Å². The van der Waals surface area contributed by atoms with Gasteiger partial charge in [-0.2, -0.15) is 9.40 Å². The number of pyridine rings is 1. The predicted molar refractivity (Wildman–Crippen MR) is 93.2 cm³/mol. The lowest BCUT2D eigenvalue weighted by atomic mass is 10.1. The van der Waals surface area contributed by atoms with Gasteiger partial charge in [-0.05, 0) is 32.8 Å². The zero-order chi connectivity index (χ0) is 18.9. The average Bonchev–Trinajstić information content (AvgIpc) is 2.94. The Hall–Kier alpha value is -2.46. The first-order chi connectivity index (χ1) is 12.3. The van der Waals surface area contributed by atoms with Crippen LogP contribution in [0.3, 0.4) is 0 Å². The highest BCUT2D eigenvalue weighted by Gasteiger charge is 2.34. The number of sulfonamides is 1. The Morgan fingerprint density at radius 2 is 2.19 bits per heavy atom. The van der Waals surface area contributed by atoms with E-state index in [1.165, 1.54) is 16.6 Å². The van der Waals surface area contributed by atoms with Gasteiger partial charge in [0, 0.05) is 18.8 Å². The van der Waals surface area contributed by atoms with Crippen LogP contribution >= 0.6 is 0 Å². The van der Waals surface area contributed by atoms with E-state index in [9.17, 15) is 13.2 Å². The second-order valence-electron chi connectivity index (χ2n) is 6.25. The van der Waals surface area contributed by atoms with E-state index in [1.807, 2.05) is 0 Å². The summed E-state index contributed by atoms with van der Waals surface area (Å²) in [6.07, 6.45) is 2.50. The van der Waals surface area contributed by atoms with Gasteiger partial charge in [-0.3, -0.25) is 14.9 Å². The normalized spacial score (nSPS) is 18.6. The third-order valence-corrected chi connectivity index (χ3v) is 6.41. The van der Waals surface area contributed by atoms with Gasteiger partial charge in [-0.1, -0.05) is 0 Å². The number of amides is 1. The highest BCUT2D eigenvalue weighted by Crippen LogP contribution is 2.26. The first kappa shape index (κ1) is 18.3. The molecule has 0 aromatic carbocycles. The molecule has 3 rings (SSSR count). The van der Waals surface area contributed by atoms with Crippen molar-refractivity contribution in [3.63, 3.8) is 0 Å². The van der Waals surface area contributed by atoms with E-state index < -0.39 is 15.9 Å². The molecule has 9 nitrogen and oxygen atoms in total. The number of aromatic amines is 1. The maximum Gasteiger partial charge on any atom is 0.267 e. The van der Waals surface area contributed by atoms with Crippen molar-refractivity contribution in [3.8, 4) is 5.75 Å². The van der Waals surface area contributed by atoms with Crippen LogP contribution in [0.15, 0.2) is 23.2 Å². The number of H-pyrrole nitrogens is 1. The molecule has 0 radical (unpaired) electrons. The lowest BCUT2D eigenvalue weighted by Crippen LogP contribution is -2.44. The minimum atomic E-state index is -3.65. The summed E-state index contributed by atoms with van der Waals surface area (Å²) in [5, 5.41) is 6.69. The van der Waals surface area contributed by atoms with E-state index in [-0.39, 0.29) is 23.2 Å². The Morgan fingerprint density at radius 1 is 1.42 bits per heavy atom. The molecule has 1 unspecified atom stereocenters. The van der Waals surface area contributed by atoms with Gasteiger partial charge in [-0.15, -0.1) is 0 Å². The quantitative estimate of drug-likeness (QED) is 0.788. The number of hydrogen-bond donors (Lipinski definition) is 2. The van der Waals surface area contributed by atoms with Gasteiger partial charge >= 0.3 is 0 Å². The monoisotopic (exact) mass is 379 g/mol. The van der Waals surface area contributed by atoms with Crippen LogP contribution in [0.2, 0.25) is 0 Å². The molecule has 10 heteroatoms. The van der Waals surface area contributed by atoms with E-state index in [4.69, 9.17) is 10.5 Å². The molecule has 1 atom stereocenters. The maximum absolute atomic E-state index is 13.0. The van der Waals surface area contributed by atoms with Crippen molar-refractivity contribution in [2.24, 2.45) is 5.73 Å². The van der Waals surface area contributed by atoms with Crippen LogP contribution in [0.5, 0.6) is 5.75 Å². The fraction of sp³-hybridized carbons (Fsp3) is 0.438. The minimum Gasteiger partial charge on any atom is -0.489 e. The Balaban J connectivity index is 1.77. The number of rotatable bonds is 5. The molecule has 1 aliphatic heterocycles. The van der Waals surface area contributed by atoms with Crippen LogP contribution in [0.25, 0.3) is 0 Å². The topological polar surface area (TPSA) is 131 Å². The van der Waals surface area contributed by atoms with Crippen molar-refractivity contribution >= 4 is 15.9 Å². The summed E-state index contributed by atoms with van der Waals surface area (Å²) in [4.78, 5) is 15.3. The van der Waals surface area contributed by atoms with Gasteiger partial charge in [0.05, 0.1) is 17.9 Å². The molecule has 0 bridgehead atoms. The number of ether oxygens (including phenoxy) is 1. The molecule has 2 aromatic rings. The summed E-state index contributed by atoms with van der Waals surface area (Å²) in [5.74, 6) is -0.206. The second-order valence-corrected chi connectivity index (χ2v) is 8.12. The highest BCUT2D eigenvalue weighted by atomic mass is 32.2. The summed E-state index contributed by atoms with van der Waals surface area (Å²) >= 11 is 0. The molecule has 1 aliphatic rings. The van der Waals surface area contributed by atoms with Gasteiger partial charge in [0.2, 0.25) is 10.0 Å². The van der Waals surface area contributed by atoms with Crippen molar-refractivity contribution in [1.29, 1.82) is 0 Å². The second kappa shape index (κ2) is 7.04. The van der Waals surface area contributed by atoms with Crippen molar-refractivity contribution in [2.75, 3.05) is 13.1 Å². The number of hydrogen-bond acceptors (Lipinski definition) is 6. The highest BCUT2D eigenvalue weighted by molar-refractivity contribution is 7.89. The molecule has 0 saturated carbocycles. The van der Waals surface area contributed by atoms with Crippen LogP contribution in [0.4, 0.5) is 0 Å². The molecule has 3 heterocycles. The van der Waals surface area contributed by atoms with Gasteiger partial charge in [0.25, 0.3) is 5.91 Å². The maximum atomic E-state index is 13.0. The first-order valence-electron chi connectivity index (χ1n) is 8.23. The molecule has 0 aliphatic carbocycles. The summed E-state index contributed by atoms with van der Waals surface area (Å²) in [6, 6.07) is 3.07. The third-order valence-electron chi connectivity index (χ3n) is 4.29. The third kappa shape index (κ3) is 3.56. The molecular weight excluding hydrogens is 358 g/mol. The van der Waals surface area contributed by atoms with Crippen molar-refractivity contribution in [1.82, 2.24) is 19.5 Å². The Kier molecular flexibility index (Phi) is 4.97. The number of aryl methyl sites for hydroxylation is 2. The lowest BCUT2D eigenvalue weighted by molar-refractivity contribution is 0.0993. The van der Waals surface area contributed by atoms with Crippen LogP contribution in [-0.4, -0.2) is 53.0 Å². The summed E-state index contributed by atoms with van der Waals surface area (Å²) in [7, 11) is -3.65. The van der Waals surface area contributed by atoms with Crippen LogP contribution in [0.1, 0.15) is 34.7 Å². The molecule has 0 spiro atoms. The van der Waals surface area contributed by atoms with Crippen molar-refractivity contribution < 1.29 is 17.9 Å². The number of piperidine rings is 1. The molecule has 1 amide bonds. The number of primary amides is 1. The average molecular weight is 379 g/mol. The van der Waals surface area contributed by atoms with E-state index in [0.29, 0.717) is 36.5 Å². The number of carbonyl (C=O) groups is 1. The zero-order valence-corrected chi connectivity index (χ0v) is 15.4. The number of nitrogens with zero attached hydrogens (tertiary/aromatic N) is 3. The summed E-state index contributed by atoms with van der Waals surface area (Å²) in [5.41, 5.74) is 6.30. The minimum absolute atomic E-state index is 0.104. The molecular formula is C16H21N5O4S. The smallest absolute Gasteiger partial charge is 0.267 e. The fourth-order valence-corrected chi connectivity index (χ4v) is 4.92. The first-order valence-corrected chi connectivity index (χ1v) is 9.67. The fourth-order valence-electron chi connectivity index (χ4n) is 3.08. The number of nitrogens with two attached hydrogens (primary N) is 1. The molecule has 140 valence electrons. The van der Waals surface area contributed by atoms with Gasteiger partial charge in [0.1, 0.15) is 22.4 Å². The Labute approximate surface area is 151 Å². The van der Waals surface area contributed by atoms with Gasteiger partial charge in [0.15, 0.2) is 0 Å². The molecule has 2 aromatic heterocycles. The van der Waals surface area contributed by atoms with Crippen LogP contribution in [-0.2, 0) is 10.0 Å². The summed E-state index contributed by atoms with van der Waals surface area (Å²) < 4.78 is 33.2. The zero-order valence-electron chi connectivity index (χ0n) is 14.6. The predicted octanol–water partition coefficient (Wildman–Crippen LogP) is 0.753. The number of nitrogens with one attached hydrogen (secondary N) is 1. The SMILES string of the molecule is Cc1n[nH]c(C)c1S(=O)(=O)N1CCCC(Oc2ccnc(C(N)=O)c2)C1. The molecule has 1 fully saturated rings. The van der Waals surface area contributed by atoms with Gasteiger partial charge < -0.3 is 10.5 Å². The Morgan fingerprint density at radius 3 is 2.85 bits per heavy atom. The molecule has 3 N–H and O–H groups in total. The van der Waals surface area contributed by atoms with Crippen LogP contribution in [0, 0.1) is 13.8 Å². The lowest BCUT2D eigenvalue weighted by Gasteiger charge is -2.32. The summed E-state index contributed by atoms with van der Waals surface area (Å²) in [6.45, 7) is 4.00.